The van der Waals surface area contributed by atoms with E-state index in [2.05, 4.69) is 11.9 Å². The Morgan fingerprint density at radius 3 is 2.90 bits per heavy atom. The zero-order valence-corrected chi connectivity index (χ0v) is 11.3. The number of methoxy groups -OCH3 is 1. The molecule has 1 aromatic carbocycles. The summed E-state index contributed by atoms with van der Waals surface area (Å²) in [6, 6.07) is 5.00. The summed E-state index contributed by atoms with van der Waals surface area (Å²) >= 11 is 0. The number of nitro groups is 1. The van der Waals surface area contributed by atoms with Crippen molar-refractivity contribution in [2.75, 3.05) is 7.11 Å². The van der Waals surface area contributed by atoms with Crippen molar-refractivity contribution in [2.24, 2.45) is 10.9 Å². The van der Waals surface area contributed by atoms with Crippen LogP contribution in [0.15, 0.2) is 41.1 Å². The molecule has 2 aliphatic rings. The lowest BCUT2D eigenvalue weighted by Crippen LogP contribution is -2.16. The monoisotopic (exact) mass is 270 g/mol. The number of nitro benzene ring substituents is 1. The second-order valence-electron chi connectivity index (χ2n) is 4.77. The molecule has 1 unspecified atom stereocenters. The summed E-state index contributed by atoms with van der Waals surface area (Å²) in [6.45, 7) is 2.07. The van der Waals surface area contributed by atoms with Gasteiger partial charge in [-0.1, -0.05) is 13.0 Å². The van der Waals surface area contributed by atoms with Crippen LogP contribution in [0.4, 0.5) is 11.4 Å². The third kappa shape index (κ3) is 1.74. The van der Waals surface area contributed by atoms with Crippen LogP contribution in [0.5, 0.6) is 0 Å². The molecule has 0 saturated carbocycles. The van der Waals surface area contributed by atoms with Crippen LogP contribution in [0.25, 0.3) is 5.57 Å². The fraction of sp³-hybridized carbons (Fsp3) is 0.267. The lowest BCUT2D eigenvalue weighted by Gasteiger charge is -2.19. The average Bonchev–Trinajstić information content (AvgIpc) is 2.84. The Hall–Kier alpha value is -2.43. The minimum Gasteiger partial charge on any atom is -0.497 e. The van der Waals surface area contributed by atoms with Crippen molar-refractivity contribution in [3.8, 4) is 0 Å². The minimum atomic E-state index is -0.357. The Labute approximate surface area is 116 Å². The third-order valence-corrected chi connectivity index (χ3v) is 3.68. The van der Waals surface area contributed by atoms with E-state index in [9.17, 15) is 10.1 Å². The molecule has 1 aromatic rings. The predicted octanol–water partition coefficient (Wildman–Crippen LogP) is 3.63. The summed E-state index contributed by atoms with van der Waals surface area (Å²) in [7, 11) is 1.60. The van der Waals surface area contributed by atoms with E-state index in [1.54, 1.807) is 13.2 Å². The third-order valence-electron chi connectivity index (χ3n) is 3.68. The van der Waals surface area contributed by atoms with Crippen molar-refractivity contribution in [1.82, 2.24) is 0 Å². The van der Waals surface area contributed by atoms with E-state index in [1.807, 2.05) is 18.2 Å². The number of allylic oxidation sites excluding steroid dienone is 3. The molecule has 0 radical (unpaired) electrons. The molecule has 20 heavy (non-hydrogen) atoms. The number of rotatable bonds is 3. The molecule has 0 saturated heterocycles. The topological polar surface area (TPSA) is 64.7 Å². The minimum absolute atomic E-state index is 0.0970. The second-order valence-corrected chi connectivity index (χ2v) is 4.77. The first kappa shape index (κ1) is 12.6. The lowest BCUT2D eigenvalue weighted by molar-refractivity contribution is -0.385. The normalized spacial score (nSPS) is 19.5. The van der Waals surface area contributed by atoms with Gasteiger partial charge in [0.1, 0.15) is 5.76 Å². The summed E-state index contributed by atoms with van der Waals surface area (Å²) in [5.41, 5.74) is 3.09. The van der Waals surface area contributed by atoms with Gasteiger partial charge in [0.15, 0.2) is 0 Å². The van der Waals surface area contributed by atoms with Gasteiger partial charge in [0.25, 0.3) is 5.69 Å². The fourth-order valence-corrected chi connectivity index (χ4v) is 2.70. The molecule has 1 heterocycles. The number of fused-ring (bicyclic) bond motifs is 3. The molecule has 5 heteroatoms. The van der Waals surface area contributed by atoms with Crippen LogP contribution in [-0.2, 0) is 4.74 Å². The first-order chi connectivity index (χ1) is 9.65. The van der Waals surface area contributed by atoms with Gasteiger partial charge in [0.2, 0.25) is 0 Å². The zero-order valence-electron chi connectivity index (χ0n) is 11.3. The molecule has 102 valence electrons. The van der Waals surface area contributed by atoms with E-state index in [0.29, 0.717) is 11.3 Å². The highest BCUT2D eigenvalue weighted by atomic mass is 16.6. The molecular formula is C15H14N2O3. The Morgan fingerprint density at radius 2 is 2.25 bits per heavy atom. The molecule has 0 aromatic heterocycles. The lowest BCUT2D eigenvalue weighted by atomic mass is 9.86. The predicted molar refractivity (Wildman–Crippen MR) is 77.0 cm³/mol. The summed E-state index contributed by atoms with van der Waals surface area (Å²) in [4.78, 5) is 15.4. The van der Waals surface area contributed by atoms with Gasteiger partial charge < -0.3 is 4.74 Å². The number of hydrogen-bond donors (Lipinski definition) is 0. The van der Waals surface area contributed by atoms with Gasteiger partial charge in [-0.2, -0.15) is 0 Å². The van der Waals surface area contributed by atoms with Crippen LogP contribution in [0.1, 0.15) is 18.9 Å². The molecule has 5 nitrogen and oxygen atoms in total. The highest BCUT2D eigenvalue weighted by molar-refractivity contribution is 6.32. The van der Waals surface area contributed by atoms with Crippen molar-refractivity contribution in [3.05, 3.63) is 51.8 Å². The van der Waals surface area contributed by atoms with Crippen molar-refractivity contribution in [2.45, 2.75) is 13.3 Å². The molecule has 0 spiro atoms. The van der Waals surface area contributed by atoms with Gasteiger partial charge in [-0.15, -0.1) is 0 Å². The number of aliphatic imine (C=N–C) groups is 1. The van der Waals surface area contributed by atoms with Crippen LogP contribution in [0.2, 0.25) is 0 Å². The molecule has 1 aliphatic carbocycles. The molecule has 0 bridgehead atoms. The highest BCUT2D eigenvalue weighted by Crippen LogP contribution is 2.45. The summed E-state index contributed by atoms with van der Waals surface area (Å²) in [6.07, 6.45) is 4.73. The smallest absolute Gasteiger partial charge is 0.279 e. The van der Waals surface area contributed by atoms with Gasteiger partial charge >= 0.3 is 0 Å². The molecule has 3 rings (SSSR count). The number of ether oxygens (including phenoxy) is 1. The summed E-state index contributed by atoms with van der Waals surface area (Å²) in [5, 5.41) is 11.2. The van der Waals surface area contributed by atoms with E-state index < -0.39 is 0 Å². The Bertz CT molecular complexity index is 686. The summed E-state index contributed by atoms with van der Waals surface area (Å²) in [5.74, 6) is 0.869. The highest BCUT2D eigenvalue weighted by Gasteiger charge is 2.34. The Kier molecular flexibility index (Phi) is 2.89. The molecule has 1 aliphatic heterocycles. The molecule has 0 fully saturated rings. The SMILES string of the molecule is CCC1C=C(OC)C=C2C1=Nc1cccc([N+](=O)[O-])c12. The van der Waals surface area contributed by atoms with Crippen molar-refractivity contribution in [1.29, 1.82) is 0 Å². The number of benzene rings is 1. The maximum absolute atomic E-state index is 11.2. The van der Waals surface area contributed by atoms with Gasteiger partial charge in [0, 0.05) is 17.6 Å². The standard InChI is InChI=1S/C15H14N2O3/c1-3-9-7-10(20-2)8-11-14-12(16-15(9)11)5-4-6-13(14)17(18)19/h4-9H,3H2,1-2H3. The van der Waals surface area contributed by atoms with Crippen molar-refractivity contribution < 1.29 is 9.66 Å². The van der Waals surface area contributed by atoms with Gasteiger partial charge in [-0.3, -0.25) is 15.1 Å². The van der Waals surface area contributed by atoms with Crippen LogP contribution < -0.4 is 0 Å². The van der Waals surface area contributed by atoms with E-state index in [-0.39, 0.29) is 16.5 Å². The molecule has 0 amide bonds. The van der Waals surface area contributed by atoms with Gasteiger partial charge in [0.05, 0.1) is 29.0 Å². The van der Waals surface area contributed by atoms with E-state index in [1.165, 1.54) is 6.07 Å². The quantitative estimate of drug-likeness (QED) is 0.622. The largest absolute Gasteiger partial charge is 0.497 e. The van der Waals surface area contributed by atoms with Crippen LogP contribution in [-0.4, -0.2) is 17.7 Å². The number of hydrogen-bond acceptors (Lipinski definition) is 4. The van der Waals surface area contributed by atoms with Crippen LogP contribution in [0, 0.1) is 16.0 Å². The molecule has 0 N–H and O–H groups in total. The fourth-order valence-electron chi connectivity index (χ4n) is 2.70. The Balaban J connectivity index is 2.21. The van der Waals surface area contributed by atoms with Gasteiger partial charge in [-0.25, -0.2) is 0 Å². The van der Waals surface area contributed by atoms with E-state index >= 15 is 0 Å². The van der Waals surface area contributed by atoms with E-state index in [0.717, 1.165) is 23.5 Å². The average molecular weight is 270 g/mol. The van der Waals surface area contributed by atoms with Crippen LogP contribution in [0.3, 0.4) is 0 Å². The maximum Gasteiger partial charge on any atom is 0.279 e. The first-order valence-corrected chi connectivity index (χ1v) is 6.50. The van der Waals surface area contributed by atoms with E-state index in [4.69, 9.17) is 4.74 Å². The van der Waals surface area contributed by atoms with Crippen molar-refractivity contribution in [3.63, 3.8) is 0 Å². The first-order valence-electron chi connectivity index (χ1n) is 6.50. The zero-order chi connectivity index (χ0) is 14.3. The van der Waals surface area contributed by atoms with Gasteiger partial charge in [-0.05, 0) is 24.6 Å². The second kappa shape index (κ2) is 4.59. The van der Waals surface area contributed by atoms with Crippen molar-refractivity contribution >= 4 is 22.7 Å². The number of nitrogens with zero attached hydrogens (tertiary/aromatic N) is 2. The van der Waals surface area contributed by atoms with Crippen LogP contribution >= 0.6 is 0 Å². The maximum atomic E-state index is 11.2. The Morgan fingerprint density at radius 1 is 1.45 bits per heavy atom. The summed E-state index contributed by atoms with van der Waals surface area (Å²) < 4.78 is 5.31. The molecular weight excluding hydrogens is 256 g/mol. The molecule has 1 atom stereocenters.